The largest absolute Gasteiger partial charge is 0.480 e. The van der Waals surface area contributed by atoms with E-state index in [1.165, 1.54) is 11.8 Å². The molecule has 0 spiro atoms. The van der Waals surface area contributed by atoms with E-state index in [1.807, 2.05) is 0 Å². The van der Waals surface area contributed by atoms with Crippen LogP contribution in [-0.4, -0.2) is 81.4 Å². The molecule has 0 aromatic rings. The third-order valence-electron chi connectivity index (χ3n) is 4.69. The van der Waals surface area contributed by atoms with Crippen molar-refractivity contribution < 1.29 is 29.4 Å². The van der Waals surface area contributed by atoms with Gasteiger partial charge in [0.05, 0.1) is 6.10 Å². The highest BCUT2D eigenvalue weighted by Crippen LogP contribution is 2.20. The minimum absolute atomic E-state index is 0.0510. The molecular weight excluding hydrogens is 388 g/mol. The van der Waals surface area contributed by atoms with Gasteiger partial charge in [-0.25, -0.2) is 4.79 Å². The fourth-order valence-corrected chi connectivity index (χ4v) is 3.17. The number of carbonyl (C=O) groups excluding carboxylic acids is 3. The van der Waals surface area contributed by atoms with Crippen molar-refractivity contribution in [3.63, 3.8) is 0 Å². The summed E-state index contributed by atoms with van der Waals surface area (Å²) in [7, 11) is 0. The van der Waals surface area contributed by atoms with Crippen molar-refractivity contribution >= 4 is 36.3 Å². The summed E-state index contributed by atoms with van der Waals surface area (Å²) in [5, 5.41) is 23.7. The average molecular weight is 419 g/mol. The number of aliphatic hydroxyl groups excluding tert-OH is 1. The zero-order valence-corrected chi connectivity index (χ0v) is 17.2. The first-order chi connectivity index (χ1) is 13.0. The molecule has 0 bridgehead atoms. The van der Waals surface area contributed by atoms with E-state index in [9.17, 15) is 29.4 Å². The number of nitrogens with one attached hydrogen (secondary N) is 2. The quantitative estimate of drug-likeness (QED) is 0.244. The lowest BCUT2D eigenvalue weighted by Gasteiger charge is -2.30. The molecule has 1 saturated heterocycles. The summed E-state index contributed by atoms with van der Waals surface area (Å²) in [5.74, 6) is -3.26. The number of amides is 3. The molecule has 1 fully saturated rings. The van der Waals surface area contributed by atoms with Gasteiger partial charge < -0.3 is 31.5 Å². The van der Waals surface area contributed by atoms with Crippen LogP contribution in [0.4, 0.5) is 0 Å². The van der Waals surface area contributed by atoms with Crippen LogP contribution in [0.3, 0.4) is 0 Å². The van der Waals surface area contributed by atoms with E-state index in [2.05, 4.69) is 23.3 Å². The fraction of sp³-hybridized carbons (Fsp3) is 0.765. The second kappa shape index (κ2) is 10.6. The Morgan fingerprint density at radius 2 is 1.79 bits per heavy atom. The van der Waals surface area contributed by atoms with Crippen molar-refractivity contribution in [1.29, 1.82) is 0 Å². The molecule has 1 aliphatic heterocycles. The fourth-order valence-electron chi connectivity index (χ4n) is 2.91. The van der Waals surface area contributed by atoms with E-state index in [-0.39, 0.29) is 11.7 Å². The Hall–Kier alpha value is -1.85. The number of rotatable bonds is 9. The number of hydrogen-bond donors (Lipinski definition) is 6. The molecule has 0 aromatic heterocycles. The van der Waals surface area contributed by atoms with Crippen molar-refractivity contribution in [3.05, 3.63) is 0 Å². The van der Waals surface area contributed by atoms with Crippen LogP contribution >= 0.6 is 12.6 Å². The highest BCUT2D eigenvalue weighted by atomic mass is 32.1. The Kier molecular flexibility index (Phi) is 9.18. The van der Waals surface area contributed by atoms with Crippen LogP contribution in [0.5, 0.6) is 0 Å². The maximum absolute atomic E-state index is 12.9. The van der Waals surface area contributed by atoms with Crippen LogP contribution in [0.2, 0.25) is 0 Å². The lowest BCUT2D eigenvalue weighted by atomic mass is 10.0. The number of nitrogens with two attached hydrogens (primary N) is 1. The van der Waals surface area contributed by atoms with Gasteiger partial charge >= 0.3 is 5.97 Å². The van der Waals surface area contributed by atoms with Gasteiger partial charge in [-0.3, -0.25) is 14.4 Å². The summed E-state index contributed by atoms with van der Waals surface area (Å²) in [4.78, 5) is 50.1. The summed E-state index contributed by atoms with van der Waals surface area (Å²) in [6.07, 6.45) is -0.155. The minimum atomic E-state index is -1.21. The molecule has 3 amide bonds. The number of nitrogens with zero attached hydrogens (tertiary/aromatic N) is 1. The van der Waals surface area contributed by atoms with Crippen molar-refractivity contribution in [2.45, 2.75) is 63.9 Å². The van der Waals surface area contributed by atoms with E-state index >= 15 is 0 Å². The Morgan fingerprint density at radius 1 is 1.18 bits per heavy atom. The first-order valence-electron chi connectivity index (χ1n) is 9.19. The van der Waals surface area contributed by atoms with Crippen LogP contribution < -0.4 is 16.4 Å². The van der Waals surface area contributed by atoms with E-state index in [0.29, 0.717) is 19.4 Å². The number of aliphatic hydroxyl groups is 1. The number of aliphatic carboxylic acids is 1. The normalized spacial score (nSPS) is 21.0. The number of carbonyl (C=O) groups is 4. The number of hydrogen-bond acceptors (Lipinski definition) is 7. The summed E-state index contributed by atoms with van der Waals surface area (Å²) < 4.78 is 0. The topological polar surface area (TPSA) is 162 Å². The standard InChI is InChI=1S/C17H30N4O6S/c1-8(2)13(16(25)21-6-4-5-11(21)17(26)27)20-14(23)10(7-28)19-15(24)12(18)9(3)22/h8-13,22,28H,4-7,18H2,1-3H3,(H,19,24)(H,20,23)(H,26,27). The van der Waals surface area contributed by atoms with Crippen molar-refractivity contribution in [1.82, 2.24) is 15.5 Å². The first-order valence-corrected chi connectivity index (χ1v) is 9.83. The lowest BCUT2D eigenvalue weighted by Crippen LogP contribution is -2.59. The van der Waals surface area contributed by atoms with Crippen LogP contribution in [0.25, 0.3) is 0 Å². The van der Waals surface area contributed by atoms with Crippen molar-refractivity contribution in [3.8, 4) is 0 Å². The van der Waals surface area contributed by atoms with Crippen LogP contribution in [0.15, 0.2) is 0 Å². The highest BCUT2D eigenvalue weighted by molar-refractivity contribution is 7.80. The second-order valence-electron chi connectivity index (χ2n) is 7.27. The number of carboxylic acid groups (broad SMARTS) is 1. The first kappa shape index (κ1) is 24.2. The molecule has 1 heterocycles. The maximum Gasteiger partial charge on any atom is 0.326 e. The van der Waals surface area contributed by atoms with Gasteiger partial charge in [0.2, 0.25) is 17.7 Å². The number of likely N-dealkylation sites (tertiary alicyclic amines) is 1. The van der Waals surface area contributed by atoms with E-state index in [0.717, 1.165) is 0 Å². The maximum atomic E-state index is 12.9. The number of thiol groups is 1. The molecule has 0 radical (unpaired) electrons. The van der Waals surface area contributed by atoms with E-state index in [1.54, 1.807) is 13.8 Å². The van der Waals surface area contributed by atoms with Crippen molar-refractivity contribution in [2.24, 2.45) is 11.7 Å². The average Bonchev–Trinajstić information content (AvgIpc) is 3.12. The van der Waals surface area contributed by atoms with Gasteiger partial charge in [0.15, 0.2) is 0 Å². The molecule has 1 aliphatic rings. The zero-order valence-electron chi connectivity index (χ0n) is 16.3. The molecule has 1 rings (SSSR count). The second-order valence-corrected chi connectivity index (χ2v) is 7.63. The predicted molar refractivity (Wildman–Crippen MR) is 105 cm³/mol. The monoisotopic (exact) mass is 418 g/mol. The lowest BCUT2D eigenvalue weighted by molar-refractivity contribution is -0.150. The molecular formula is C17H30N4O6S. The van der Waals surface area contributed by atoms with Gasteiger partial charge in [-0.15, -0.1) is 0 Å². The minimum Gasteiger partial charge on any atom is -0.480 e. The molecule has 0 aromatic carbocycles. The molecule has 0 saturated carbocycles. The summed E-state index contributed by atoms with van der Waals surface area (Å²) >= 11 is 4.05. The highest BCUT2D eigenvalue weighted by Gasteiger charge is 2.39. The molecule has 10 nitrogen and oxygen atoms in total. The van der Waals surface area contributed by atoms with E-state index in [4.69, 9.17) is 5.73 Å². The molecule has 28 heavy (non-hydrogen) atoms. The van der Waals surface area contributed by atoms with Gasteiger partial charge in [-0.05, 0) is 25.7 Å². The SMILES string of the molecule is CC(C)C(NC(=O)C(CS)NC(=O)C(N)C(C)O)C(=O)N1CCCC1C(=O)O. The molecule has 5 unspecified atom stereocenters. The molecule has 160 valence electrons. The van der Waals surface area contributed by atoms with Gasteiger partial charge in [0, 0.05) is 12.3 Å². The van der Waals surface area contributed by atoms with Crippen LogP contribution in [0.1, 0.15) is 33.6 Å². The van der Waals surface area contributed by atoms with Gasteiger partial charge in [0.25, 0.3) is 0 Å². The number of carboxylic acids is 1. The van der Waals surface area contributed by atoms with Crippen molar-refractivity contribution in [2.75, 3.05) is 12.3 Å². The van der Waals surface area contributed by atoms with Gasteiger partial charge in [-0.1, -0.05) is 13.8 Å². The predicted octanol–water partition coefficient (Wildman–Crippen LogP) is -1.67. The summed E-state index contributed by atoms with van der Waals surface area (Å²) in [6, 6.07) is -4.13. The van der Waals surface area contributed by atoms with Crippen LogP contribution in [0, 0.1) is 5.92 Å². The molecule has 6 N–H and O–H groups in total. The smallest absolute Gasteiger partial charge is 0.326 e. The Bertz CT molecular complexity index is 600. The third kappa shape index (κ3) is 6.08. The zero-order chi connectivity index (χ0) is 21.6. The third-order valence-corrected chi connectivity index (χ3v) is 5.05. The van der Waals surface area contributed by atoms with Crippen LogP contribution in [-0.2, 0) is 19.2 Å². The molecule has 0 aliphatic carbocycles. The van der Waals surface area contributed by atoms with E-state index < -0.39 is 54.0 Å². The summed E-state index contributed by atoms with van der Waals surface area (Å²) in [6.45, 7) is 5.12. The molecule has 5 atom stereocenters. The summed E-state index contributed by atoms with van der Waals surface area (Å²) in [5.41, 5.74) is 5.55. The Morgan fingerprint density at radius 3 is 2.25 bits per heavy atom. The Balaban J connectivity index is 2.86. The molecule has 11 heteroatoms. The van der Waals surface area contributed by atoms with Gasteiger partial charge in [0.1, 0.15) is 24.2 Å². The van der Waals surface area contributed by atoms with Gasteiger partial charge in [-0.2, -0.15) is 12.6 Å². The Labute approximate surface area is 169 Å².